The Hall–Kier alpha value is -3.27. The van der Waals surface area contributed by atoms with E-state index < -0.39 is 12.3 Å². The second kappa shape index (κ2) is 7.52. The Morgan fingerprint density at radius 1 is 1.20 bits per heavy atom. The minimum atomic E-state index is -0.557. The van der Waals surface area contributed by atoms with E-state index in [4.69, 9.17) is 9.47 Å². The van der Waals surface area contributed by atoms with Crippen molar-refractivity contribution in [3.8, 4) is 11.5 Å². The molecule has 2 aliphatic rings. The van der Waals surface area contributed by atoms with Crippen LogP contribution in [-0.2, 0) is 10.2 Å². The van der Waals surface area contributed by atoms with Crippen LogP contribution in [0.2, 0.25) is 0 Å². The minimum Gasteiger partial charge on any atom is -0.454 e. The van der Waals surface area contributed by atoms with Gasteiger partial charge < -0.3 is 20.1 Å². The third-order valence-corrected chi connectivity index (χ3v) is 4.85. The van der Waals surface area contributed by atoms with Crippen molar-refractivity contribution >= 4 is 23.4 Å². The van der Waals surface area contributed by atoms with Crippen LogP contribution in [0.15, 0.2) is 24.3 Å². The van der Waals surface area contributed by atoms with Crippen molar-refractivity contribution in [3.63, 3.8) is 0 Å². The fourth-order valence-electron chi connectivity index (χ4n) is 3.30. The van der Waals surface area contributed by atoms with Crippen LogP contribution in [0.4, 0.5) is 16.3 Å². The van der Waals surface area contributed by atoms with Gasteiger partial charge in [-0.3, -0.25) is 15.4 Å². The number of fused-ring (bicyclic) bond motifs is 1. The predicted octanol–water partition coefficient (Wildman–Crippen LogP) is 2.51. The maximum atomic E-state index is 12.7. The summed E-state index contributed by atoms with van der Waals surface area (Å²) in [5.41, 5.74) is 1.12. The number of benzene rings is 1. The van der Waals surface area contributed by atoms with Crippen LogP contribution < -0.4 is 30.7 Å². The Morgan fingerprint density at radius 2 is 1.97 bits per heavy atom. The van der Waals surface area contributed by atoms with Gasteiger partial charge in [0.05, 0.1) is 5.69 Å². The van der Waals surface area contributed by atoms with Gasteiger partial charge in [0.2, 0.25) is 12.7 Å². The second-order valence-corrected chi connectivity index (χ2v) is 8.50. The summed E-state index contributed by atoms with van der Waals surface area (Å²) in [6, 6.07) is 6.53. The summed E-state index contributed by atoms with van der Waals surface area (Å²) in [7, 11) is 0. The highest BCUT2D eigenvalue weighted by Gasteiger charge is 2.29. The number of rotatable bonds is 3. The molecule has 2 atom stereocenters. The number of hydrogen-bond donors (Lipinski definition) is 4. The van der Waals surface area contributed by atoms with Gasteiger partial charge in [-0.15, -0.1) is 0 Å². The number of nitrogens with zero attached hydrogens (tertiary/aromatic N) is 2. The maximum Gasteiger partial charge on any atom is 0.324 e. The Balaban J connectivity index is 1.55. The van der Waals surface area contributed by atoms with E-state index >= 15 is 0 Å². The lowest BCUT2D eigenvalue weighted by Gasteiger charge is -2.30. The van der Waals surface area contributed by atoms with Crippen LogP contribution in [0.1, 0.15) is 46.1 Å². The number of ether oxygens (including phenoxy) is 2. The van der Waals surface area contributed by atoms with Gasteiger partial charge in [-0.1, -0.05) is 20.8 Å². The Kier molecular flexibility index (Phi) is 5.02. The van der Waals surface area contributed by atoms with E-state index in [9.17, 15) is 9.59 Å². The van der Waals surface area contributed by atoms with Crippen molar-refractivity contribution in [2.45, 2.75) is 51.9 Å². The van der Waals surface area contributed by atoms with E-state index in [0.29, 0.717) is 29.4 Å². The van der Waals surface area contributed by atoms with Gasteiger partial charge in [0.1, 0.15) is 5.82 Å². The molecule has 0 spiro atoms. The maximum absolute atomic E-state index is 12.7. The molecular weight excluding hydrogens is 388 g/mol. The van der Waals surface area contributed by atoms with E-state index in [1.165, 1.54) is 0 Å². The Morgan fingerprint density at radius 3 is 2.70 bits per heavy atom. The average molecular weight is 414 g/mol. The van der Waals surface area contributed by atoms with Crippen molar-refractivity contribution in [2.75, 3.05) is 17.4 Å². The van der Waals surface area contributed by atoms with Crippen LogP contribution in [0, 0.1) is 0 Å². The number of amides is 3. The summed E-state index contributed by atoms with van der Waals surface area (Å²) in [6.45, 7) is 8.20. The lowest BCUT2D eigenvalue weighted by Crippen LogP contribution is -2.52. The first-order chi connectivity index (χ1) is 14.2. The SMILES string of the molecule is CC1CC(=O)NC(n2nc(C(C)(C)C)cc2NC(=O)Nc2ccc3c(c2)OCO3)N1. The van der Waals surface area contributed by atoms with Gasteiger partial charge in [-0.25, -0.2) is 9.48 Å². The number of carbonyl (C=O) groups excluding carboxylic acids is 2. The van der Waals surface area contributed by atoms with Crippen LogP contribution in [0.5, 0.6) is 11.5 Å². The van der Waals surface area contributed by atoms with Crippen molar-refractivity contribution in [2.24, 2.45) is 0 Å². The van der Waals surface area contributed by atoms with Crippen molar-refractivity contribution in [1.29, 1.82) is 0 Å². The van der Waals surface area contributed by atoms with E-state index in [0.717, 1.165) is 5.69 Å². The number of hydrogen-bond acceptors (Lipinski definition) is 6. The summed E-state index contributed by atoms with van der Waals surface area (Å²) >= 11 is 0. The first kappa shape index (κ1) is 20.0. The van der Waals surface area contributed by atoms with Gasteiger partial charge in [0, 0.05) is 35.7 Å². The molecule has 1 saturated heterocycles. The average Bonchev–Trinajstić information content (AvgIpc) is 3.27. The zero-order chi connectivity index (χ0) is 21.5. The van der Waals surface area contributed by atoms with Crippen molar-refractivity contribution in [1.82, 2.24) is 20.4 Å². The molecule has 1 aromatic carbocycles. The fourth-order valence-corrected chi connectivity index (χ4v) is 3.30. The molecule has 2 unspecified atom stereocenters. The normalized spacial score (nSPS) is 20.6. The molecule has 0 radical (unpaired) electrons. The van der Waals surface area contributed by atoms with Gasteiger partial charge >= 0.3 is 6.03 Å². The van der Waals surface area contributed by atoms with E-state index in [1.807, 2.05) is 33.8 Å². The highest BCUT2D eigenvalue weighted by molar-refractivity contribution is 5.99. The zero-order valence-corrected chi connectivity index (χ0v) is 17.4. The molecule has 1 fully saturated rings. The summed E-state index contributed by atoms with van der Waals surface area (Å²) in [6.07, 6.45) is -0.171. The van der Waals surface area contributed by atoms with Crippen LogP contribution >= 0.6 is 0 Å². The van der Waals surface area contributed by atoms with Crippen molar-refractivity contribution in [3.05, 3.63) is 30.0 Å². The van der Waals surface area contributed by atoms with E-state index in [2.05, 4.69) is 26.4 Å². The standard InChI is InChI=1S/C20H26N6O4/c1-11-7-17(27)24-18(21-11)26-16(9-15(25-26)20(2,3)4)23-19(28)22-12-5-6-13-14(8-12)30-10-29-13/h5-6,8-9,11,18,21H,7,10H2,1-4H3,(H,24,27)(H2,22,23,28). The smallest absolute Gasteiger partial charge is 0.324 e. The third-order valence-electron chi connectivity index (χ3n) is 4.85. The minimum absolute atomic E-state index is 0.0126. The summed E-state index contributed by atoms with van der Waals surface area (Å²) in [5, 5.41) is 16.4. The molecular formula is C20H26N6O4. The number of anilines is 2. The molecule has 2 aromatic rings. The molecule has 4 rings (SSSR count). The first-order valence-corrected chi connectivity index (χ1v) is 9.82. The molecule has 3 heterocycles. The molecule has 160 valence electrons. The fraction of sp³-hybridized carbons (Fsp3) is 0.450. The number of nitrogens with one attached hydrogen (secondary N) is 4. The first-order valence-electron chi connectivity index (χ1n) is 9.82. The molecule has 1 aromatic heterocycles. The van der Waals surface area contributed by atoms with Crippen molar-refractivity contribution < 1.29 is 19.1 Å². The Labute approximate surface area is 174 Å². The van der Waals surface area contributed by atoms with E-state index in [-0.39, 0.29) is 24.2 Å². The van der Waals surface area contributed by atoms with Gasteiger partial charge in [-0.2, -0.15) is 5.10 Å². The highest BCUT2D eigenvalue weighted by atomic mass is 16.7. The number of aromatic nitrogens is 2. The number of urea groups is 1. The van der Waals surface area contributed by atoms with Crippen LogP contribution in [-0.4, -0.2) is 34.6 Å². The molecule has 3 amide bonds. The van der Waals surface area contributed by atoms with Gasteiger partial charge in [-0.05, 0) is 19.1 Å². The third kappa shape index (κ3) is 4.18. The molecule has 0 aliphatic carbocycles. The zero-order valence-electron chi connectivity index (χ0n) is 17.4. The molecule has 0 saturated carbocycles. The number of carbonyl (C=O) groups is 2. The van der Waals surface area contributed by atoms with Crippen LogP contribution in [0.3, 0.4) is 0 Å². The molecule has 0 bridgehead atoms. The van der Waals surface area contributed by atoms with E-state index in [1.54, 1.807) is 22.9 Å². The lowest BCUT2D eigenvalue weighted by molar-refractivity contribution is -0.125. The second-order valence-electron chi connectivity index (χ2n) is 8.50. The molecule has 2 aliphatic heterocycles. The largest absolute Gasteiger partial charge is 0.454 e. The summed E-state index contributed by atoms with van der Waals surface area (Å²) in [4.78, 5) is 24.7. The Bertz CT molecular complexity index is 980. The van der Waals surface area contributed by atoms with Gasteiger partial charge in [0.25, 0.3) is 0 Å². The topological polar surface area (TPSA) is 119 Å². The summed E-state index contributed by atoms with van der Waals surface area (Å²) < 4.78 is 12.2. The summed E-state index contributed by atoms with van der Waals surface area (Å²) in [5.74, 6) is 1.61. The monoisotopic (exact) mass is 414 g/mol. The molecule has 30 heavy (non-hydrogen) atoms. The van der Waals surface area contributed by atoms with Crippen LogP contribution in [0.25, 0.3) is 0 Å². The predicted molar refractivity (Wildman–Crippen MR) is 111 cm³/mol. The molecule has 10 heteroatoms. The molecule has 10 nitrogen and oxygen atoms in total. The quantitative estimate of drug-likeness (QED) is 0.613. The lowest BCUT2D eigenvalue weighted by atomic mass is 9.92. The highest BCUT2D eigenvalue weighted by Crippen LogP contribution is 2.34. The van der Waals surface area contributed by atoms with Gasteiger partial charge in [0.15, 0.2) is 17.8 Å². The molecule has 4 N–H and O–H groups in total.